The van der Waals surface area contributed by atoms with Gasteiger partial charge in [-0.1, -0.05) is 0 Å². The van der Waals surface area contributed by atoms with E-state index in [1.54, 1.807) is 0 Å². The molecule has 0 amide bonds. The lowest BCUT2D eigenvalue weighted by atomic mass is 10.2. The normalized spacial score (nSPS) is 11.2. The van der Waals surface area contributed by atoms with E-state index in [0.29, 0.717) is 0 Å². The lowest BCUT2D eigenvalue weighted by Gasteiger charge is -2.08. The van der Waals surface area contributed by atoms with Crippen molar-refractivity contribution in [2.45, 2.75) is 0 Å². The van der Waals surface area contributed by atoms with Crippen LogP contribution in [0.1, 0.15) is 0 Å². The van der Waals surface area contributed by atoms with Gasteiger partial charge in [0.1, 0.15) is 17.2 Å². The number of hydrogen-bond donors (Lipinski definition) is 1. The fourth-order valence-electron chi connectivity index (χ4n) is 2.02. The molecule has 0 fully saturated rings. The van der Waals surface area contributed by atoms with Crippen LogP contribution in [-0.4, -0.2) is 9.55 Å². The van der Waals surface area contributed by atoms with Crippen LogP contribution in [0.3, 0.4) is 0 Å². The van der Waals surface area contributed by atoms with Crippen LogP contribution in [0.4, 0.5) is 23.5 Å². The minimum Gasteiger partial charge on any atom is -0.369 e. The predicted molar refractivity (Wildman–Crippen MR) is 65.3 cm³/mol. The Morgan fingerprint density at radius 2 is 1.65 bits per heavy atom. The van der Waals surface area contributed by atoms with E-state index in [1.807, 2.05) is 0 Å². The van der Waals surface area contributed by atoms with Gasteiger partial charge < -0.3 is 5.73 Å². The summed E-state index contributed by atoms with van der Waals surface area (Å²) in [5, 5.41) is 0. The number of fused-ring (bicyclic) bond motifs is 1. The summed E-state index contributed by atoms with van der Waals surface area (Å²) in [4.78, 5) is 3.81. The maximum atomic E-state index is 13.9. The van der Waals surface area contributed by atoms with E-state index in [1.165, 1.54) is 6.07 Å². The number of nitrogen functional groups attached to an aromatic ring is 1. The summed E-state index contributed by atoms with van der Waals surface area (Å²) >= 11 is 0. The largest absolute Gasteiger partial charge is 0.369 e. The second-order valence-corrected chi connectivity index (χ2v) is 4.13. The Kier molecular flexibility index (Phi) is 2.63. The number of halogens is 4. The third-order valence-electron chi connectivity index (χ3n) is 2.88. The van der Waals surface area contributed by atoms with Crippen LogP contribution in [0.5, 0.6) is 0 Å². The molecular weight excluding hydrogens is 274 g/mol. The highest BCUT2D eigenvalue weighted by atomic mass is 19.2. The van der Waals surface area contributed by atoms with Crippen LogP contribution in [0.2, 0.25) is 0 Å². The molecule has 0 atom stereocenters. The van der Waals surface area contributed by atoms with Gasteiger partial charge in [-0.2, -0.15) is 0 Å². The van der Waals surface area contributed by atoms with E-state index in [9.17, 15) is 17.6 Å². The van der Waals surface area contributed by atoms with Gasteiger partial charge in [0, 0.05) is 6.07 Å². The zero-order chi connectivity index (χ0) is 14.4. The van der Waals surface area contributed by atoms with Crippen molar-refractivity contribution in [2.75, 3.05) is 5.73 Å². The molecule has 2 aromatic carbocycles. The van der Waals surface area contributed by atoms with E-state index in [4.69, 9.17) is 5.73 Å². The average Bonchev–Trinajstić information content (AvgIpc) is 2.74. The van der Waals surface area contributed by atoms with Crippen molar-refractivity contribution in [1.29, 1.82) is 0 Å². The minimum atomic E-state index is -1.23. The number of nitrogens with two attached hydrogens (primary N) is 1. The molecule has 20 heavy (non-hydrogen) atoms. The molecule has 0 aliphatic rings. The first-order valence-electron chi connectivity index (χ1n) is 5.56. The van der Waals surface area contributed by atoms with E-state index in [-0.39, 0.29) is 22.7 Å². The van der Waals surface area contributed by atoms with E-state index in [0.717, 1.165) is 28.8 Å². The Bertz CT molecular complexity index is 826. The molecule has 1 heterocycles. The number of anilines is 1. The third-order valence-corrected chi connectivity index (χ3v) is 2.88. The highest BCUT2D eigenvalue weighted by molar-refractivity contribution is 5.81. The van der Waals surface area contributed by atoms with Crippen LogP contribution in [0.25, 0.3) is 16.7 Å². The summed E-state index contributed by atoms with van der Waals surface area (Å²) in [6, 6.07) is 4.70. The van der Waals surface area contributed by atoms with E-state index in [2.05, 4.69) is 4.98 Å². The van der Waals surface area contributed by atoms with Gasteiger partial charge in [0.05, 0.1) is 11.2 Å². The van der Waals surface area contributed by atoms with Crippen molar-refractivity contribution in [3.8, 4) is 5.69 Å². The molecule has 0 radical (unpaired) electrons. The molecule has 0 spiro atoms. The summed E-state index contributed by atoms with van der Waals surface area (Å²) in [5.41, 5.74) is 4.96. The maximum Gasteiger partial charge on any atom is 0.206 e. The van der Waals surface area contributed by atoms with Gasteiger partial charge in [-0.25, -0.2) is 22.5 Å². The fraction of sp³-hybridized carbons (Fsp3) is 0. The zero-order valence-corrected chi connectivity index (χ0v) is 9.87. The molecule has 7 heteroatoms. The molecule has 0 saturated carbocycles. The van der Waals surface area contributed by atoms with Crippen LogP contribution < -0.4 is 5.73 Å². The van der Waals surface area contributed by atoms with Gasteiger partial charge in [0.2, 0.25) is 5.95 Å². The molecule has 102 valence electrons. The Hall–Kier alpha value is -2.57. The van der Waals surface area contributed by atoms with Crippen LogP contribution in [-0.2, 0) is 0 Å². The maximum absolute atomic E-state index is 13.9. The number of nitrogens with zero attached hydrogens (tertiary/aromatic N) is 2. The summed E-state index contributed by atoms with van der Waals surface area (Å²) in [6.45, 7) is 0. The van der Waals surface area contributed by atoms with E-state index < -0.39 is 23.3 Å². The molecule has 3 nitrogen and oxygen atoms in total. The van der Waals surface area contributed by atoms with Crippen molar-refractivity contribution >= 4 is 17.0 Å². The van der Waals surface area contributed by atoms with Gasteiger partial charge in [0.15, 0.2) is 11.6 Å². The molecule has 0 aliphatic carbocycles. The van der Waals surface area contributed by atoms with Gasteiger partial charge >= 0.3 is 0 Å². The van der Waals surface area contributed by atoms with Crippen molar-refractivity contribution < 1.29 is 17.6 Å². The third kappa shape index (κ3) is 1.70. The van der Waals surface area contributed by atoms with Crippen LogP contribution in [0.15, 0.2) is 30.3 Å². The summed E-state index contributed by atoms with van der Waals surface area (Å²) < 4.78 is 55.1. The molecule has 3 aromatic rings. The molecule has 0 unspecified atom stereocenters. The second kappa shape index (κ2) is 4.22. The molecule has 0 saturated heterocycles. The lowest BCUT2D eigenvalue weighted by molar-refractivity contribution is 0.514. The lowest BCUT2D eigenvalue weighted by Crippen LogP contribution is -2.05. The Labute approximate surface area is 110 Å². The van der Waals surface area contributed by atoms with Crippen molar-refractivity contribution in [3.05, 3.63) is 53.6 Å². The molecule has 0 aliphatic heterocycles. The smallest absolute Gasteiger partial charge is 0.206 e. The fourth-order valence-corrected chi connectivity index (χ4v) is 2.02. The zero-order valence-electron chi connectivity index (χ0n) is 9.87. The standard InChI is InChI=1S/C13H7F4N3/c14-6-1-2-7(15)10(5-6)20-12-9(19-13(20)18)4-3-8(16)11(12)17/h1-5H,(H2,18,19). The van der Waals surface area contributed by atoms with Crippen molar-refractivity contribution in [2.24, 2.45) is 0 Å². The molecule has 3 rings (SSSR count). The first-order chi connectivity index (χ1) is 9.49. The Morgan fingerprint density at radius 3 is 2.40 bits per heavy atom. The highest BCUT2D eigenvalue weighted by Gasteiger charge is 2.19. The quantitative estimate of drug-likeness (QED) is 0.696. The number of aromatic nitrogens is 2. The van der Waals surface area contributed by atoms with Gasteiger partial charge in [-0.15, -0.1) is 0 Å². The van der Waals surface area contributed by atoms with Crippen molar-refractivity contribution in [1.82, 2.24) is 9.55 Å². The second-order valence-electron chi connectivity index (χ2n) is 4.13. The molecular formula is C13H7F4N3. The predicted octanol–water partition coefficient (Wildman–Crippen LogP) is 3.16. The van der Waals surface area contributed by atoms with Crippen molar-refractivity contribution in [3.63, 3.8) is 0 Å². The average molecular weight is 281 g/mol. The minimum absolute atomic E-state index is 0.0464. The monoisotopic (exact) mass is 281 g/mol. The first kappa shape index (κ1) is 12.5. The molecule has 2 N–H and O–H groups in total. The summed E-state index contributed by atoms with van der Waals surface area (Å²) in [7, 11) is 0. The number of rotatable bonds is 1. The highest BCUT2D eigenvalue weighted by Crippen LogP contribution is 2.28. The first-order valence-corrected chi connectivity index (χ1v) is 5.56. The van der Waals surface area contributed by atoms with Gasteiger partial charge in [-0.3, -0.25) is 4.57 Å². The Morgan fingerprint density at radius 1 is 0.950 bits per heavy atom. The number of imidazole rings is 1. The molecule has 0 bridgehead atoms. The van der Waals surface area contributed by atoms with E-state index >= 15 is 0 Å². The van der Waals surface area contributed by atoms with Gasteiger partial charge in [0.25, 0.3) is 0 Å². The number of hydrogen-bond acceptors (Lipinski definition) is 2. The Balaban J connectivity index is 2.44. The van der Waals surface area contributed by atoms with Crippen LogP contribution in [0, 0.1) is 23.3 Å². The number of benzene rings is 2. The summed E-state index contributed by atoms with van der Waals surface area (Å²) in [5.74, 6) is -4.19. The summed E-state index contributed by atoms with van der Waals surface area (Å²) in [6.07, 6.45) is 0. The molecule has 1 aromatic heterocycles. The van der Waals surface area contributed by atoms with Gasteiger partial charge in [-0.05, 0) is 24.3 Å². The van der Waals surface area contributed by atoms with Crippen LogP contribution >= 0.6 is 0 Å². The topological polar surface area (TPSA) is 43.8 Å². The SMILES string of the molecule is Nc1nc2ccc(F)c(F)c2n1-c1cc(F)ccc1F.